The van der Waals surface area contributed by atoms with Gasteiger partial charge in [0.05, 0.1) is 0 Å². The van der Waals surface area contributed by atoms with Gasteiger partial charge in [-0.3, -0.25) is 14.4 Å². The second-order valence-corrected chi connectivity index (χ2v) is 18.4. The van der Waals surface area contributed by atoms with Crippen LogP contribution in [0.15, 0.2) is 97.2 Å². The number of carbonyl (C=O) groups is 3. The Balaban J connectivity index is 4.48. The van der Waals surface area contributed by atoms with E-state index in [1.54, 1.807) is 0 Å². The Bertz CT molecular complexity index is 1360. The van der Waals surface area contributed by atoms with E-state index in [0.29, 0.717) is 19.3 Å². The number of carbonyl (C=O) groups excluding carboxylic acids is 3. The lowest BCUT2D eigenvalue weighted by Gasteiger charge is -2.18. The minimum absolute atomic E-state index is 0.104. The Morgan fingerprint density at radius 1 is 0.309 bits per heavy atom. The fourth-order valence-corrected chi connectivity index (χ4v) is 7.67. The molecule has 0 aliphatic carbocycles. The summed E-state index contributed by atoms with van der Waals surface area (Å²) in [5, 5.41) is 0. The van der Waals surface area contributed by atoms with Crippen molar-refractivity contribution in [3.05, 3.63) is 97.2 Å². The third-order valence-electron chi connectivity index (χ3n) is 11.8. The van der Waals surface area contributed by atoms with Crippen LogP contribution in [-0.2, 0) is 28.6 Å². The molecule has 0 radical (unpaired) electrons. The van der Waals surface area contributed by atoms with Gasteiger partial charge in [0.2, 0.25) is 0 Å². The molecule has 0 aliphatic heterocycles. The fourth-order valence-electron chi connectivity index (χ4n) is 7.67. The Morgan fingerprint density at radius 2 is 0.588 bits per heavy atom. The monoisotopic (exact) mass is 945 g/mol. The van der Waals surface area contributed by atoms with Crippen LogP contribution in [0.1, 0.15) is 258 Å². The predicted octanol–water partition coefficient (Wildman–Crippen LogP) is 18.9. The second kappa shape index (κ2) is 55.9. The summed E-state index contributed by atoms with van der Waals surface area (Å²) in [7, 11) is 0. The van der Waals surface area contributed by atoms with Crippen molar-refractivity contribution in [2.24, 2.45) is 0 Å². The molecular formula is C62H104O6. The molecule has 0 N–H and O–H groups in total. The summed E-state index contributed by atoms with van der Waals surface area (Å²) >= 11 is 0. The maximum Gasteiger partial charge on any atom is 0.306 e. The number of esters is 3. The molecule has 0 unspecified atom stereocenters. The van der Waals surface area contributed by atoms with Gasteiger partial charge in [0.25, 0.3) is 0 Å². The maximum absolute atomic E-state index is 12.8. The van der Waals surface area contributed by atoms with Crippen LogP contribution in [-0.4, -0.2) is 37.2 Å². The van der Waals surface area contributed by atoms with Crippen molar-refractivity contribution in [2.45, 2.75) is 264 Å². The van der Waals surface area contributed by atoms with Gasteiger partial charge in [0.1, 0.15) is 13.2 Å². The molecule has 6 nitrogen and oxygen atoms in total. The van der Waals surface area contributed by atoms with Crippen LogP contribution in [0.3, 0.4) is 0 Å². The van der Waals surface area contributed by atoms with Gasteiger partial charge < -0.3 is 14.2 Å². The van der Waals surface area contributed by atoms with E-state index in [1.165, 1.54) is 96.3 Å². The minimum Gasteiger partial charge on any atom is -0.462 e. The summed E-state index contributed by atoms with van der Waals surface area (Å²) in [5.74, 6) is -0.977. The molecule has 0 bridgehead atoms. The highest BCUT2D eigenvalue weighted by Crippen LogP contribution is 2.16. The molecule has 0 rings (SSSR count). The molecule has 0 aliphatic rings. The van der Waals surface area contributed by atoms with Crippen molar-refractivity contribution < 1.29 is 28.6 Å². The molecule has 0 aromatic rings. The lowest BCUT2D eigenvalue weighted by atomic mass is 10.0. The molecule has 0 fully saturated rings. The molecule has 0 aromatic heterocycles. The summed E-state index contributed by atoms with van der Waals surface area (Å²) in [6, 6.07) is 0. The SMILES string of the molecule is CC/C=C\C/C=C\C/C=C\C/C=C\C/C=C\CCCC(=O)O[C@H](COC(=O)CCCCCCC/C=C\C/C=C\C/C=C\CC)COC(=O)CCCCCCCCCCCCCCCCCCCC. The van der Waals surface area contributed by atoms with Crippen molar-refractivity contribution in [3.63, 3.8) is 0 Å². The van der Waals surface area contributed by atoms with Crippen LogP contribution in [0.25, 0.3) is 0 Å². The largest absolute Gasteiger partial charge is 0.462 e. The number of hydrogen-bond donors (Lipinski definition) is 0. The Kier molecular flexibility index (Phi) is 52.9. The molecule has 0 amide bonds. The van der Waals surface area contributed by atoms with E-state index in [0.717, 1.165) is 116 Å². The quantitative estimate of drug-likeness (QED) is 0.0262. The van der Waals surface area contributed by atoms with E-state index in [-0.39, 0.29) is 37.5 Å². The number of ether oxygens (including phenoxy) is 3. The number of hydrogen-bond acceptors (Lipinski definition) is 6. The first-order valence-electron chi connectivity index (χ1n) is 28.2. The zero-order valence-electron chi connectivity index (χ0n) is 44.3. The van der Waals surface area contributed by atoms with E-state index in [1.807, 2.05) is 0 Å². The maximum atomic E-state index is 12.8. The number of rotatable bonds is 50. The normalized spacial score (nSPS) is 12.8. The van der Waals surface area contributed by atoms with Gasteiger partial charge in [-0.25, -0.2) is 0 Å². The van der Waals surface area contributed by atoms with Gasteiger partial charge in [-0.1, -0.05) is 246 Å². The average molecular weight is 946 g/mol. The first-order chi connectivity index (χ1) is 33.5. The molecule has 388 valence electrons. The summed E-state index contributed by atoms with van der Waals surface area (Å²) in [4.78, 5) is 38.1. The molecule has 0 saturated carbocycles. The summed E-state index contributed by atoms with van der Waals surface area (Å²) < 4.78 is 16.8. The van der Waals surface area contributed by atoms with Crippen molar-refractivity contribution in [1.82, 2.24) is 0 Å². The smallest absolute Gasteiger partial charge is 0.306 e. The summed E-state index contributed by atoms with van der Waals surface area (Å²) in [6.07, 6.45) is 74.0. The third kappa shape index (κ3) is 53.3. The van der Waals surface area contributed by atoms with Gasteiger partial charge in [-0.15, -0.1) is 0 Å². The minimum atomic E-state index is -0.814. The van der Waals surface area contributed by atoms with Crippen LogP contribution in [0.5, 0.6) is 0 Å². The molecule has 1 atom stereocenters. The van der Waals surface area contributed by atoms with Gasteiger partial charge >= 0.3 is 17.9 Å². The first kappa shape index (κ1) is 64.3. The van der Waals surface area contributed by atoms with Crippen LogP contribution in [0.4, 0.5) is 0 Å². The van der Waals surface area contributed by atoms with Crippen molar-refractivity contribution in [1.29, 1.82) is 0 Å². The van der Waals surface area contributed by atoms with Gasteiger partial charge in [-0.05, 0) is 89.9 Å². The van der Waals surface area contributed by atoms with Crippen molar-refractivity contribution >= 4 is 17.9 Å². The lowest BCUT2D eigenvalue weighted by molar-refractivity contribution is -0.167. The van der Waals surface area contributed by atoms with Gasteiger partial charge in [0, 0.05) is 19.3 Å². The zero-order chi connectivity index (χ0) is 49.3. The Hall–Kier alpha value is -3.67. The van der Waals surface area contributed by atoms with Crippen molar-refractivity contribution in [2.75, 3.05) is 13.2 Å². The first-order valence-corrected chi connectivity index (χ1v) is 28.2. The number of unbranched alkanes of at least 4 members (excludes halogenated alkanes) is 23. The highest BCUT2D eigenvalue weighted by Gasteiger charge is 2.19. The fraction of sp³-hybridized carbons (Fsp3) is 0.694. The topological polar surface area (TPSA) is 78.9 Å². The standard InChI is InChI=1S/C62H104O6/c1-4-7-10-13-16-19-22-25-28-30-32-34-37-40-43-46-49-52-55-61(64)67-58-59(57-66-60(63)54-51-48-45-42-39-36-33-27-24-21-18-15-12-9-6-3)68-62(65)56-53-50-47-44-41-38-35-31-29-26-23-20-17-14-11-8-5-2/h8-9,11-12,17-18,20-21,26-27,29,33,35,38,44,47,59H,4-7,10,13-16,19,22-25,28,30-32,34,36-37,39-43,45-46,48-58H2,1-3H3/b11-8-,12-9-,20-17-,21-18-,29-26-,33-27-,38-35-,47-44-/t59-/m1/s1. The van der Waals surface area contributed by atoms with Crippen LogP contribution in [0.2, 0.25) is 0 Å². The predicted molar refractivity (Wildman–Crippen MR) is 293 cm³/mol. The highest BCUT2D eigenvalue weighted by atomic mass is 16.6. The molecule has 0 aromatic carbocycles. The van der Waals surface area contributed by atoms with Gasteiger partial charge in [-0.2, -0.15) is 0 Å². The zero-order valence-corrected chi connectivity index (χ0v) is 44.3. The number of allylic oxidation sites excluding steroid dienone is 16. The Labute approximate surface area is 419 Å². The molecule has 0 heterocycles. The molecule has 68 heavy (non-hydrogen) atoms. The summed E-state index contributed by atoms with van der Waals surface area (Å²) in [5.41, 5.74) is 0. The van der Waals surface area contributed by atoms with Gasteiger partial charge in [0.15, 0.2) is 6.10 Å². The van der Waals surface area contributed by atoms with E-state index in [2.05, 4.69) is 118 Å². The molecule has 0 saturated heterocycles. The van der Waals surface area contributed by atoms with Crippen LogP contribution < -0.4 is 0 Å². The molecule has 0 spiro atoms. The van der Waals surface area contributed by atoms with E-state index < -0.39 is 6.10 Å². The van der Waals surface area contributed by atoms with Crippen LogP contribution >= 0.6 is 0 Å². The Morgan fingerprint density at radius 3 is 0.941 bits per heavy atom. The van der Waals surface area contributed by atoms with E-state index in [4.69, 9.17) is 14.2 Å². The highest BCUT2D eigenvalue weighted by molar-refractivity contribution is 5.71. The second-order valence-electron chi connectivity index (χ2n) is 18.4. The third-order valence-corrected chi connectivity index (χ3v) is 11.8. The molecule has 6 heteroatoms. The average Bonchev–Trinajstić information content (AvgIpc) is 3.34. The van der Waals surface area contributed by atoms with E-state index in [9.17, 15) is 14.4 Å². The molecular weight excluding hydrogens is 841 g/mol. The van der Waals surface area contributed by atoms with E-state index >= 15 is 0 Å². The summed E-state index contributed by atoms with van der Waals surface area (Å²) in [6.45, 7) is 6.37. The lowest BCUT2D eigenvalue weighted by Crippen LogP contribution is -2.30. The van der Waals surface area contributed by atoms with Crippen LogP contribution in [0, 0.1) is 0 Å². The van der Waals surface area contributed by atoms with Crippen molar-refractivity contribution in [3.8, 4) is 0 Å².